The molecule has 1 aromatic rings. The first-order chi connectivity index (χ1) is 11.0. The first-order valence-electron chi connectivity index (χ1n) is 7.43. The molecule has 3 rings (SSSR count). The van der Waals surface area contributed by atoms with Gasteiger partial charge in [0.2, 0.25) is 5.91 Å². The zero-order chi connectivity index (χ0) is 16.6. The molecule has 0 radical (unpaired) electrons. The number of hydrogen-bond acceptors (Lipinski definition) is 7. The molecular weight excluding hydrogens is 334 g/mol. The molecule has 0 aliphatic carbocycles. The number of thioether (sulfide) groups is 1. The monoisotopic (exact) mass is 353 g/mol. The van der Waals surface area contributed by atoms with E-state index in [4.69, 9.17) is 10.5 Å². The van der Waals surface area contributed by atoms with Gasteiger partial charge in [-0.3, -0.25) is 9.59 Å². The fourth-order valence-corrected chi connectivity index (χ4v) is 4.92. The van der Waals surface area contributed by atoms with Crippen LogP contribution in [0.5, 0.6) is 0 Å². The van der Waals surface area contributed by atoms with Crippen LogP contribution in [0.4, 0.5) is 0 Å². The lowest BCUT2D eigenvalue weighted by Crippen LogP contribution is -2.71. The van der Waals surface area contributed by atoms with Crippen molar-refractivity contribution < 1.29 is 14.3 Å². The van der Waals surface area contributed by atoms with Crippen molar-refractivity contribution in [3.8, 4) is 0 Å². The largest absolute Gasteiger partial charge is 0.465 e. The maximum atomic E-state index is 12.6. The zero-order valence-corrected chi connectivity index (χ0v) is 14.7. The number of nitrogens with zero attached hydrogens (tertiary/aromatic N) is 2. The normalized spacial score (nSPS) is 30.2. The second-order valence-corrected chi connectivity index (χ2v) is 7.70. The van der Waals surface area contributed by atoms with E-state index in [1.54, 1.807) is 29.1 Å². The lowest BCUT2D eigenvalue weighted by Gasteiger charge is -2.52. The van der Waals surface area contributed by atoms with Crippen LogP contribution in [-0.2, 0) is 14.3 Å². The Hall–Kier alpha value is -1.38. The van der Waals surface area contributed by atoms with E-state index in [0.717, 1.165) is 10.6 Å². The van der Waals surface area contributed by atoms with Crippen LogP contribution in [0, 0.1) is 12.3 Å². The maximum absolute atomic E-state index is 12.6. The number of β-lactam (4-membered cyclic amide) rings is 1. The van der Waals surface area contributed by atoms with E-state index in [1.165, 1.54) is 11.3 Å². The molecule has 8 heteroatoms. The van der Waals surface area contributed by atoms with Gasteiger partial charge in [-0.2, -0.15) is 0 Å². The molecule has 2 fully saturated rings. The SMILES string of the molecule is CCOC(=O)C1(C=Cc2scnc2C)CS[C@@H]2C(N)C(=O)N2C1. The highest BCUT2D eigenvalue weighted by molar-refractivity contribution is 8.00. The minimum absolute atomic E-state index is 0.0245. The van der Waals surface area contributed by atoms with Crippen LogP contribution in [0.1, 0.15) is 17.5 Å². The summed E-state index contributed by atoms with van der Waals surface area (Å²) in [5.41, 5.74) is 7.69. The number of thiazole rings is 1. The third-order valence-corrected chi connectivity index (χ3v) is 6.63. The lowest BCUT2D eigenvalue weighted by atomic mass is 9.86. The standard InChI is InChI=1S/C15H19N3O3S2/c1-3-21-14(20)15(5-4-10-9(2)17-8-23-10)6-18-12(19)11(16)13(18)22-7-15/h4-5,8,11,13H,3,6-7,16H2,1-2H3/t11?,13-,15?/m1/s1. The third-order valence-electron chi connectivity index (χ3n) is 4.17. The van der Waals surface area contributed by atoms with Crippen molar-refractivity contribution >= 4 is 41.1 Å². The summed E-state index contributed by atoms with van der Waals surface area (Å²) in [6, 6.07) is -0.451. The number of fused-ring (bicyclic) bond motifs is 1. The number of nitrogens with two attached hydrogens (primary N) is 1. The average Bonchev–Trinajstić information content (AvgIpc) is 2.97. The van der Waals surface area contributed by atoms with Gasteiger partial charge < -0.3 is 15.4 Å². The molecule has 124 valence electrons. The zero-order valence-electron chi connectivity index (χ0n) is 13.0. The lowest BCUT2D eigenvalue weighted by molar-refractivity contribution is -0.157. The van der Waals surface area contributed by atoms with Crippen LogP contribution < -0.4 is 5.73 Å². The number of aromatic nitrogens is 1. The fraction of sp³-hybridized carbons (Fsp3) is 0.533. The molecule has 2 aliphatic heterocycles. The first kappa shape index (κ1) is 16.5. The van der Waals surface area contributed by atoms with Crippen molar-refractivity contribution in [1.82, 2.24) is 9.88 Å². The van der Waals surface area contributed by atoms with Crippen molar-refractivity contribution in [3.63, 3.8) is 0 Å². The van der Waals surface area contributed by atoms with Gasteiger partial charge in [0.25, 0.3) is 0 Å². The molecule has 0 spiro atoms. The van der Waals surface area contributed by atoms with Crippen molar-refractivity contribution in [2.24, 2.45) is 11.1 Å². The van der Waals surface area contributed by atoms with Gasteiger partial charge in [-0.15, -0.1) is 23.1 Å². The highest BCUT2D eigenvalue weighted by Crippen LogP contribution is 2.43. The van der Waals surface area contributed by atoms with Crippen LogP contribution in [-0.4, -0.2) is 52.1 Å². The number of carbonyl (C=O) groups is 2. The Morgan fingerprint density at radius 3 is 3.09 bits per heavy atom. The molecule has 2 unspecified atom stereocenters. The Bertz CT molecular complexity index is 660. The predicted molar refractivity (Wildman–Crippen MR) is 90.9 cm³/mol. The van der Waals surface area contributed by atoms with E-state index in [-0.39, 0.29) is 17.3 Å². The Balaban J connectivity index is 1.87. The quantitative estimate of drug-likeness (QED) is 0.648. The summed E-state index contributed by atoms with van der Waals surface area (Å²) < 4.78 is 5.27. The van der Waals surface area contributed by atoms with Crippen molar-refractivity contribution in [2.75, 3.05) is 18.9 Å². The number of rotatable bonds is 4. The maximum Gasteiger partial charge on any atom is 0.318 e. The number of ether oxygens (including phenoxy) is 1. The number of esters is 1. The van der Waals surface area contributed by atoms with E-state index >= 15 is 0 Å². The molecule has 0 aromatic carbocycles. The molecule has 3 atom stereocenters. The van der Waals surface area contributed by atoms with E-state index in [9.17, 15) is 9.59 Å². The number of carbonyl (C=O) groups excluding carboxylic acids is 2. The summed E-state index contributed by atoms with van der Waals surface area (Å²) >= 11 is 3.06. The third kappa shape index (κ3) is 2.79. The van der Waals surface area contributed by atoms with Gasteiger partial charge in [-0.25, -0.2) is 4.98 Å². The minimum Gasteiger partial charge on any atom is -0.465 e. The van der Waals surface area contributed by atoms with Gasteiger partial charge in [0.05, 0.1) is 17.8 Å². The molecule has 0 saturated carbocycles. The van der Waals surface area contributed by atoms with Gasteiger partial charge in [-0.05, 0) is 19.9 Å². The summed E-state index contributed by atoms with van der Waals surface area (Å²) in [7, 11) is 0. The summed E-state index contributed by atoms with van der Waals surface area (Å²) in [5, 5.41) is -0.0245. The number of hydrogen-bond donors (Lipinski definition) is 1. The van der Waals surface area contributed by atoms with Crippen molar-refractivity contribution in [3.05, 3.63) is 22.2 Å². The second-order valence-electron chi connectivity index (χ2n) is 5.71. The number of aryl methyl sites for hydroxylation is 1. The summed E-state index contributed by atoms with van der Waals surface area (Å²) in [4.78, 5) is 31.4. The highest BCUT2D eigenvalue weighted by Gasteiger charge is 2.55. The molecule has 0 bridgehead atoms. The van der Waals surface area contributed by atoms with E-state index in [1.807, 2.05) is 19.1 Å². The van der Waals surface area contributed by atoms with E-state index < -0.39 is 11.5 Å². The Morgan fingerprint density at radius 2 is 2.43 bits per heavy atom. The predicted octanol–water partition coefficient (Wildman–Crippen LogP) is 1.26. The molecule has 2 N–H and O–H groups in total. The number of amides is 1. The molecular formula is C15H19N3O3S2. The minimum atomic E-state index is -0.830. The molecule has 3 heterocycles. The summed E-state index contributed by atoms with van der Waals surface area (Å²) in [6.45, 7) is 4.35. The highest BCUT2D eigenvalue weighted by atomic mass is 32.2. The van der Waals surface area contributed by atoms with E-state index in [0.29, 0.717) is 18.9 Å². The molecule has 23 heavy (non-hydrogen) atoms. The Labute approximate surface area is 143 Å². The van der Waals surface area contributed by atoms with Crippen LogP contribution in [0.25, 0.3) is 6.08 Å². The topological polar surface area (TPSA) is 85.5 Å². The van der Waals surface area contributed by atoms with Gasteiger partial charge in [0, 0.05) is 17.2 Å². The Morgan fingerprint density at radius 1 is 1.65 bits per heavy atom. The van der Waals surface area contributed by atoms with Crippen LogP contribution in [0.2, 0.25) is 0 Å². The van der Waals surface area contributed by atoms with Crippen molar-refractivity contribution in [1.29, 1.82) is 0 Å². The molecule has 2 saturated heterocycles. The van der Waals surface area contributed by atoms with Gasteiger partial charge >= 0.3 is 5.97 Å². The van der Waals surface area contributed by atoms with Crippen LogP contribution >= 0.6 is 23.1 Å². The average molecular weight is 353 g/mol. The smallest absolute Gasteiger partial charge is 0.318 e. The van der Waals surface area contributed by atoms with Crippen LogP contribution in [0.15, 0.2) is 11.6 Å². The summed E-state index contributed by atoms with van der Waals surface area (Å²) in [5.74, 6) is 0.165. The first-order valence-corrected chi connectivity index (χ1v) is 9.35. The molecule has 1 aromatic heterocycles. The summed E-state index contributed by atoms with van der Waals surface area (Å²) in [6.07, 6.45) is 3.78. The van der Waals surface area contributed by atoms with Gasteiger partial charge in [-0.1, -0.05) is 6.08 Å². The van der Waals surface area contributed by atoms with E-state index in [2.05, 4.69) is 4.98 Å². The van der Waals surface area contributed by atoms with Crippen molar-refractivity contribution in [2.45, 2.75) is 25.3 Å². The molecule has 6 nitrogen and oxygen atoms in total. The van der Waals surface area contributed by atoms with Gasteiger partial charge in [0.15, 0.2) is 0 Å². The second kappa shape index (κ2) is 6.26. The fourth-order valence-electron chi connectivity index (χ4n) is 2.77. The molecule has 2 aliphatic rings. The Kier molecular flexibility index (Phi) is 4.48. The van der Waals surface area contributed by atoms with Crippen LogP contribution in [0.3, 0.4) is 0 Å². The van der Waals surface area contributed by atoms with Gasteiger partial charge in [0.1, 0.15) is 16.8 Å². The molecule has 1 amide bonds.